The molecule has 0 radical (unpaired) electrons. The van der Waals surface area contributed by atoms with Gasteiger partial charge >= 0.3 is 13.2 Å². The van der Waals surface area contributed by atoms with Crippen LogP contribution in [0, 0.1) is 0 Å². The van der Waals surface area contributed by atoms with Crippen LogP contribution >= 0.6 is 0 Å². The first kappa shape index (κ1) is 18.2. The van der Waals surface area contributed by atoms with Gasteiger partial charge in [-0.05, 0) is 51.0 Å². The van der Waals surface area contributed by atoms with Gasteiger partial charge in [0.15, 0.2) is 0 Å². The Hall–Kier alpha value is -1.10. The van der Waals surface area contributed by atoms with Crippen LogP contribution in [0.25, 0.3) is 0 Å². The Bertz CT molecular complexity index is 644. The molecule has 0 aliphatic carbocycles. The number of alkyl halides is 3. The highest BCUT2D eigenvalue weighted by Crippen LogP contribution is 2.30. The van der Waals surface area contributed by atoms with Crippen LogP contribution in [-0.4, -0.2) is 44.4 Å². The highest BCUT2D eigenvalue weighted by molar-refractivity contribution is 7.89. The molecule has 1 saturated heterocycles. The predicted octanol–water partition coefficient (Wildman–Crippen LogP) is 1.56. The monoisotopic (exact) mass is 350 g/mol. The quantitative estimate of drug-likeness (QED) is 0.809. The van der Waals surface area contributed by atoms with Crippen LogP contribution in [0.1, 0.15) is 18.4 Å². The van der Waals surface area contributed by atoms with E-state index in [2.05, 4.69) is 4.72 Å². The minimum atomic E-state index is -4.59. The van der Waals surface area contributed by atoms with Gasteiger partial charge in [0.1, 0.15) is 0 Å². The van der Waals surface area contributed by atoms with Crippen molar-refractivity contribution in [3.05, 3.63) is 29.8 Å². The normalized spacial score (nSPS) is 18.1. The number of nitrogens with zero attached hydrogens (tertiary/aromatic N) is 1. The van der Waals surface area contributed by atoms with E-state index in [1.165, 1.54) is 0 Å². The van der Waals surface area contributed by atoms with Crippen LogP contribution in [-0.2, 0) is 16.2 Å². The summed E-state index contributed by atoms with van der Waals surface area (Å²) in [4.78, 5) is 1.40. The number of hydrogen-bond donors (Lipinski definition) is 2. The zero-order valence-electron chi connectivity index (χ0n) is 12.5. The van der Waals surface area contributed by atoms with Crippen molar-refractivity contribution in [2.24, 2.45) is 0 Å². The van der Waals surface area contributed by atoms with Crippen molar-refractivity contribution in [3.8, 4) is 0 Å². The van der Waals surface area contributed by atoms with E-state index in [1.54, 1.807) is 11.6 Å². The molecule has 0 atom stereocenters. The lowest BCUT2D eigenvalue weighted by atomic mass is 9.82. The molecule has 128 valence electrons. The van der Waals surface area contributed by atoms with Gasteiger partial charge in [-0.15, -0.1) is 0 Å². The third kappa shape index (κ3) is 4.69. The second-order valence-electron chi connectivity index (χ2n) is 5.59. The van der Waals surface area contributed by atoms with Gasteiger partial charge in [0.2, 0.25) is 10.0 Å². The first-order valence-electron chi connectivity index (χ1n) is 7.21. The third-order valence-electron chi connectivity index (χ3n) is 3.85. The van der Waals surface area contributed by atoms with Crippen LogP contribution in [0.5, 0.6) is 0 Å². The molecule has 1 aliphatic heterocycles. The van der Waals surface area contributed by atoms with Crippen molar-refractivity contribution in [1.29, 1.82) is 0 Å². The smallest absolute Gasteiger partial charge is 0.416 e. The van der Waals surface area contributed by atoms with E-state index in [0.717, 1.165) is 18.2 Å². The molecule has 0 unspecified atom stereocenters. The lowest BCUT2D eigenvalue weighted by Crippen LogP contribution is -2.48. The van der Waals surface area contributed by atoms with Gasteiger partial charge < -0.3 is 9.83 Å². The largest absolute Gasteiger partial charge is 0.437 e. The molecule has 23 heavy (non-hydrogen) atoms. The van der Waals surface area contributed by atoms with Crippen LogP contribution in [0.4, 0.5) is 13.2 Å². The molecule has 1 heterocycles. The Kier molecular flexibility index (Phi) is 5.39. The van der Waals surface area contributed by atoms with E-state index in [-0.39, 0.29) is 6.04 Å². The summed E-state index contributed by atoms with van der Waals surface area (Å²) in [5.41, 5.74) is -0.996. The first-order valence-corrected chi connectivity index (χ1v) is 8.69. The number of hydrogen-bond acceptors (Lipinski definition) is 4. The number of nitrogens with one attached hydrogen (secondary N) is 1. The maximum Gasteiger partial charge on any atom is 0.416 e. The van der Waals surface area contributed by atoms with Crippen molar-refractivity contribution in [1.82, 2.24) is 9.53 Å². The summed E-state index contributed by atoms with van der Waals surface area (Å²) in [6.07, 6.45) is -3.61. The Morgan fingerprint density at radius 2 is 1.91 bits per heavy atom. The summed E-state index contributed by atoms with van der Waals surface area (Å²) in [6, 6.07) is 3.33. The molecule has 0 aromatic heterocycles. The van der Waals surface area contributed by atoms with Crippen LogP contribution in [0.15, 0.2) is 29.2 Å². The van der Waals surface area contributed by atoms with Gasteiger partial charge in [0.25, 0.3) is 0 Å². The first-order chi connectivity index (χ1) is 10.6. The average molecular weight is 350 g/mol. The average Bonchev–Trinajstić information content (AvgIpc) is 2.46. The van der Waals surface area contributed by atoms with Gasteiger partial charge in [-0.1, -0.05) is 6.07 Å². The summed E-state index contributed by atoms with van der Waals surface area (Å²) in [5.74, 6) is 0. The second kappa shape index (κ2) is 6.80. The summed E-state index contributed by atoms with van der Waals surface area (Å²) >= 11 is 0. The molecule has 0 bridgehead atoms. The Morgan fingerprint density at radius 1 is 1.30 bits per heavy atom. The second-order valence-corrected chi connectivity index (χ2v) is 7.30. The van der Waals surface area contributed by atoms with Gasteiger partial charge in [-0.2, -0.15) is 13.2 Å². The molecule has 0 saturated carbocycles. The van der Waals surface area contributed by atoms with E-state index < -0.39 is 33.7 Å². The Balaban J connectivity index is 2.08. The molecular formula is C13H18BF3N2O3S. The van der Waals surface area contributed by atoms with Crippen molar-refractivity contribution >= 4 is 17.1 Å². The van der Waals surface area contributed by atoms with Gasteiger partial charge in [0.05, 0.1) is 10.5 Å². The lowest BCUT2D eigenvalue weighted by molar-refractivity contribution is -0.137. The summed E-state index contributed by atoms with van der Waals surface area (Å²) in [7, 11) is -4.61. The third-order valence-corrected chi connectivity index (χ3v) is 5.37. The topological polar surface area (TPSA) is 69.6 Å². The van der Waals surface area contributed by atoms with Crippen LogP contribution < -0.4 is 4.72 Å². The molecule has 1 aliphatic rings. The number of rotatable bonds is 4. The molecule has 5 nitrogen and oxygen atoms in total. The molecule has 0 spiro atoms. The number of sulfonamides is 1. The van der Waals surface area contributed by atoms with Gasteiger partial charge in [0, 0.05) is 6.04 Å². The zero-order chi connectivity index (χ0) is 17.3. The van der Waals surface area contributed by atoms with Crippen LogP contribution in [0.2, 0.25) is 6.82 Å². The number of halogens is 3. The summed E-state index contributed by atoms with van der Waals surface area (Å²) in [6.45, 7) is 2.67. The Labute approximate surface area is 133 Å². The molecule has 2 N–H and O–H groups in total. The maximum atomic E-state index is 12.7. The fourth-order valence-corrected chi connectivity index (χ4v) is 3.87. The fraction of sp³-hybridized carbons (Fsp3) is 0.538. The van der Waals surface area contributed by atoms with Crippen molar-refractivity contribution < 1.29 is 26.6 Å². The zero-order valence-corrected chi connectivity index (χ0v) is 13.4. The fourth-order valence-electron chi connectivity index (χ4n) is 2.52. The predicted molar refractivity (Wildman–Crippen MR) is 80.2 cm³/mol. The standard InChI is InChI=1S/C13H18BF3N2O3S/c1-14(20)19-7-5-11(6-8-19)18-23(21,22)12-4-2-3-10(9-12)13(15,16)17/h2-4,9,11,18,20H,5-8H2,1H3. The number of piperidine rings is 1. The molecule has 2 rings (SSSR count). The minimum Gasteiger partial charge on any atom is -0.437 e. The van der Waals surface area contributed by atoms with Crippen molar-refractivity contribution in [2.45, 2.75) is 36.8 Å². The molecule has 1 aromatic rings. The van der Waals surface area contributed by atoms with Gasteiger partial charge in [-0.3, -0.25) is 0 Å². The van der Waals surface area contributed by atoms with Crippen LogP contribution in [0.3, 0.4) is 0 Å². The molecule has 1 fully saturated rings. The number of benzene rings is 1. The summed E-state index contributed by atoms with van der Waals surface area (Å²) in [5, 5.41) is 9.46. The SMILES string of the molecule is CB(O)N1CCC(NS(=O)(=O)c2cccc(C(F)(F)F)c2)CC1. The highest BCUT2D eigenvalue weighted by Gasteiger charge is 2.32. The van der Waals surface area contributed by atoms with E-state index >= 15 is 0 Å². The minimum absolute atomic E-state index is 0.357. The van der Waals surface area contributed by atoms with E-state index in [9.17, 15) is 26.6 Å². The van der Waals surface area contributed by atoms with E-state index in [1.807, 2.05) is 0 Å². The maximum absolute atomic E-state index is 12.7. The highest BCUT2D eigenvalue weighted by atomic mass is 32.2. The van der Waals surface area contributed by atoms with E-state index in [0.29, 0.717) is 32.0 Å². The molecular weight excluding hydrogens is 332 g/mol. The molecule has 10 heteroatoms. The molecule has 0 amide bonds. The Morgan fingerprint density at radius 3 is 2.43 bits per heavy atom. The van der Waals surface area contributed by atoms with Gasteiger partial charge in [-0.25, -0.2) is 13.1 Å². The lowest BCUT2D eigenvalue weighted by Gasteiger charge is -2.32. The summed E-state index contributed by atoms with van der Waals surface area (Å²) < 4.78 is 65.0. The van der Waals surface area contributed by atoms with E-state index in [4.69, 9.17) is 0 Å². The van der Waals surface area contributed by atoms with Crippen molar-refractivity contribution in [2.75, 3.05) is 13.1 Å². The molecule has 1 aromatic carbocycles. The van der Waals surface area contributed by atoms with Crippen molar-refractivity contribution in [3.63, 3.8) is 0 Å².